The Labute approximate surface area is 190 Å². The summed E-state index contributed by atoms with van der Waals surface area (Å²) in [6.07, 6.45) is 7.02. The van der Waals surface area contributed by atoms with Gasteiger partial charge in [-0.2, -0.15) is 5.10 Å². The number of likely N-dealkylation sites (N-methyl/N-ethyl adjacent to an activating group) is 1. The van der Waals surface area contributed by atoms with E-state index in [4.69, 9.17) is 0 Å². The SMILES string of the molecule is CCN1CCN(Cc2ccccc2CNC(=O)C=Cc2cnn(-c3ccccc3)c2)CC1. The smallest absolute Gasteiger partial charge is 0.244 e. The molecule has 1 amide bonds. The molecule has 1 aliphatic heterocycles. The lowest BCUT2D eigenvalue weighted by Gasteiger charge is -2.34. The Morgan fingerprint density at radius 1 is 0.969 bits per heavy atom. The number of piperazine rings is 1. The van der Waals surface area contributed by atoms with Crippen molar-refractivity contribution in [1.29, 1.82) is 0 Å². The van der Waals surface area contributed by atoms with Gasteiger partial charge in [-0.3, -0.25) is 9.69 Å². The molecule has 166 valence electrons. The van der Waals surface area contributed by atoms with Gasteiger partial charge in [0.15, 0.2) is 0 Å². The number of rotatable bonds is 8. The summed E-state index contributed by atoms with van der Waals surface area (Å²) in [6.45, 7) is 9.23. The van der Waals surface area contributed by atoms with E-state index in [1.165, 1.54) is 11.1 Å². The topological polar surface area (TPSA) is 53.4 Å². The van der Waals surface area contributed by atoms with Crippen molar-refractivity contribution in [2.75, 3.05) is 32.7 Å². The summed E-state index contributed by atoms with van der Waals surface area (Å²) in [7, 11) is 0. The quantitative estimate of drug-likeness (QED) is 0.558. The second-order valence-electron chi connectivity index (χ2n) is 8.08. The number of nitrogens with one attached hydrogen (secondary N) is 1. The normalized spacial score (nSPS) is 15.3. The van der Waals surface area contributed by atoms with Crippen LogP contribution in [-0.4, -0.2) is 58.2 Å². The van der Waals surface area contributed by atoms with Gasteiger partial charge in [0.2, 0.25) is 5.91 Å². The molecule has 2 heterocycles. The highest BCUT2D eigenvalue weighted by molar-refractivity contribution is 5.91. The number of benzene rings is 2. The fourth-order valence-corrected chi connectivity index (χ4v) is 3.95. The van der Waals surface area contributed by atoms with Crippen LogP contribution in [0, 0.1) is 0 Å². The molecular weight excluding hydrogens is 398 g/mol. The molecule has 6 heteroatoms. The lowest BCUT2D eigenvalue weighted by atomic mass is 10.1. The minimum absolute atomic E-state index is 0.108. The first kappa shape index (κ1) is 22.0. The molecule has 3 aromatic rings. The van der Waals surface area contributed by atoms with Gasteiger partial charge in [0.1, 0.15) is 0 Å². The van der Waals surface area contributed by atoms with Crippen molar-refractivity contribution in [3.05, 3.63) is 89.8 Å². The summed E-state index contributed by atoms with van der Waals surface area (Å²) >= 11 is 0. The third-order valence-corrected chi connectivity index (χ3v) is 5.93. The van der Waals surface area contributed by atoms with Gasteiger partial charge >= 0.3 is 0 Å². The average molecular weight is 430 g/mol. The molecule has 1 fully saturated rings. The van der Waals surface area contributed by atoms with Crippen molar-refractivity contribution >= 4 is 12.0 Å². The first-order valence-electron chi connectivity index (χ1n) is 11.3. The van der Waals surface area contributed by atoms with Gasteiger partial charge in [-0.05, 0) is 35.9 Å². The van der Waals surface area contributed by atoms with Crippen LogP contribution in [0.15, 0.2) is 73.1 Å². The maximum absolute atomic E-state index is 12.4. The minimum Gasteiger partial charge on any atom is -0.348 e. The van der Waals surface area contributed by atoms with Gasteiger partial charge in [-0.25, -0.2) is 4.68 Å². The lowest BCUT2D eigenvalue weighted by molar-refractivity contribution is -0.116. The van der Waals surface area contributed by atoms with Gasteiger partial charge in [0.25, 0.3) is 0 Å². The summed E-state index contributed by atoms with van der Waals surface area (Å²) in [4.78, 5) is 17.4. The first-order chi connectivity index (χ1) is 15.7. The zero-order valence-electron chi connectivity index (χ0n) is 18.7. The van der Waals surface area contributed by atoms with Crippen LogP contribution in [0.1, 0.15) is 23.6 Å². The zero-order valence-corrected chi connectivity index (χ0v) is 18.7. The molecule has 32 heavy (non-hydrogen) atoms. The highest BCUT2D eigenvalue weighted by Gasteiger charge is 2.16. The molecule has 6 nitrogen and oxygen atoms in total. The number of para-hydroxylation sites is 1. The van der Waals surface area contributed by atoms with E-state index in [0.29, 0.717) is 6.54 Å². The maximum atomic E-state index is 12.4. The highest BCUT2D eigenvalue weighted by atomic mass is 16.1. The van der Waals surface area contributed by atoms with Crippen LogP contribution in [-0.2, 0) is 17.9 Å². The summed E-state index contributed by atoms with van der Waals surface area (Å²) in [5.74, 6) is -0.108. The monoisotopic (exact) mass is 429 g/mol. The second kappa shape index (κ2) is 10.9. The summed E-state index contributed by atoms with van der Waals surface area (Å²) in [6, 6.07) is 18.3. The molecule has 1 N–H and O–H groups in total. The van der Waals surface area contributed by atoms with E-state index in [1.807, 2.05) is 42.6 Å². The van der Waals surface area contributed by atoms with Crippen LogP contribution in [0.3, 0.4) is 0 Å². The minimum atomic E-state index is -0.108. The van der Waals surface area contributed by atoms with E-state index in [1.54, 1.807) is 23.0 Å². The predicted octanol–water partition coefficient (Wildman–Crippen LogP) is 3.34. The fourth-order valence-electron chi connectivity index (χ4n) is 3.95. The van der Waals surface area contributed by atoms with Crippen LogP contribution < -0.4 is 5.32 Å². The summed E-state index contributed by atoms with van der Waals surface area (Å²) in [5.41, 5.74) is 4.33. The maximum Gasteiger partial charge on any atom is 0.244 e. The Hall–Kier alpha value is -3.22. The van der Waals surface area contributed by atoms with E-state index in [9.17, 15) is 4.79 Å². The molecule has 0 atom stereocenters. The molecule has 1 saturated heterocycles. The van der Waals surface area contributed by atoms with Crippen LogP contribution >= 0.6 is 0 Å². The van der Waals surface area contributed by atoms with E-state index in [2.05, 4.69) is 45.3 Å². The molecule has 0 spiro atoms. The fraction of sp³-hybridized carbons (Fsp3) is 0.308. The Kier molecular flexibility index (Phi) is 7.48. The number of carbonyl (C=O) groups is 1. The molecule has 1 aliphatic rings. The number of nitrogens with zero attached hydrogens (tertiary/aromatic N) is 4. The summed E-state index contributed by atoms with van der Waals surface area (Å²) < 4.78 is 1.80. The van der Waals surface area contributed by atoms with Crippen molar-refractivity contribution in [3.8, 4) is 5.69 Å². The molecule has 0 saturated carbocycles. The van der Waals surface area contributed by atoms with Gasteiger partial charge in [0, 0.05) is 57.1 Å². The standard InChI is InChI=1S/C26H31N5O/c1-2-29-14-16-30(17-15-29)21-24-9-7-6-8-23(24)19-27-26(32)13-12-22-18-28-31(20-22)25-10-4-3-5-11-25/h3-13,18,20H,2,14-17,19,21H2,1H3,(H,27,32). The van der Waals surface area contributed by atoms with Gasteiger partial charge in [-0.1, -0.05) is 49.4 Å². The molecule has 0 aliphatic carbocycles. The molecule has 2 aromatic carbocycles. The van der Waals surface area contributed by atoms with Gasteiger partial charge in [-0.15, -0.1) is 0 Å². The second-order valence-corrected chi connectivity index (χ2v) is 8.08. The molecular formula is C26H31N5O. The Morgan fingerprint density at radius 2 is 1.66 bits per heavy atom. The van der Waals surface area contributed by atoms with Crippen molar-refractivity contribution in [2.24, 2.45) is 0 Å². The van der Waals surface area contributed by atoms with E-state index in [-0.39, 0.29) is 5.91 Å². The third-order valence-electron chi connectivity index (χ3n) is 5.93. The van der Waals surface area contributed by atoms with Gasteiger partial charge < -0.3 is 10.2 Å². The van der Waals surface area contributed by atoms with Crippen molar-refractivity contribution < 1.29 is 4.79 Å². The number of carbonyl (C=O) groups excluding carboxylic acids is 1. The first-order valence-corrected chi connectivity index (χ1v) is 11.3. The van der Waals surface area contributed by atoms with Crippen molar-refractivity contribution in [1.82, 2.24) is 24.9 Å². The Balaban J connectivity index is 1.30. The predicted molar refractivity (Wildman–Crippen MR) is 128 cm³/mol. The van der Waals surface area contributed by atoms with E-state index >= 15 is 0 Å². The Bertz CT molecular complexity index is 1040. The number of hydrogen-bond donors (Lipinski definition) is 1. The number of aromatic nitrogens is 2. The van der Waals surface area contributed by atoms with Crippen LogP contribution in [0.25, 0.3) is 11.8 Å². The molecule has 0 bridgehead atoms. The van der Waals surface area contributed by atoms with Crippen LogP contribution in [0.4, 0.5) is 0 Å². The molecule has 4 rings (SSSR count). The average Bonchev–Trinajstić information content (AvgIpc) is 3.32. The van der Waals surface area contributed by atoms with E-state index in [0.717, 1.165) is 50.5 Å². The van der Waals surface area contributed by atoms with Crippen molar-refractivity contribution in [2.45, 2.75) is 20.0 Å². The molecule has 0 radical (unpaired) electrons. The van der Waals surface area contributed by atoms with Crippen LogP contribution in [0.2, 0.25) is 0 Å². The largest absolute Gasteiger partial charge is 0.348 e. The third kappa shape index (κ3) is 5.93. The van der Waals surface area contributed by atoms with Crippen LogP contribution in [0.5, 0.6) is 0 Å². The Morgan fingerprint density at radius 3 is 2.41 bits per heavy atom. The zero-order chi connectivity index (χ0) is 22.2. The lowest BCUT2D eigenvalue weighted by Crippen LogP contribution is -2.45. The summed E-state index contributed by atoms with van der Waals surface area (Å²) in [5, 5.41) is 7.38. The molecule has 1 aromatic heterocycles. The van der Waals surface area contributed by atoms with E-state index < -0.39 is 0 Å². The number of amides is 1. The van der Waals surface area contributed by atoms with Crippen molar-refractivity contribution in [3.63, 3.8) is 0 Å². The number of hydrogen-bond acceptors (Lipinski definition) is 4. The molecule has 0 unspecified atom stereocenters. The van der Waals surface area contributed by atoms with Gasteiger partial charge in [0.05, 0.1) is 11.9 Å². The highest BCUT2D eigenvalue weighted by Crippen LogP contribution is 2.14.